The van der Waals surface area contributed by atoms with Crippen LogP contribution in [0.15, 0.2) is 45.3 Å². The number of carbonyl (C=O) groups is 1. The minimum absolute atomic E-state index is 0.161. The molecule has 0 saturated carbocycles. The van der Waals surface area contributed by atoms with Gasteiger partial charge in [-0.1, -0.05) is 28.1 Å². The number of urea groups is 1. The number of hydrogen-bond acceptors (Lipinski definition) is 2. The van der Waals surface area contributed by atoms with Crippen LogP contribution in [0.5, 0.6) is 0 Å². The molecule has 2 amide bonds. The normalized spacial score (nSPS) is 11.9. The summed E-state index contributed by atoms with van der Waals surface area (Å²) in [6.07, 6.45) is 0. The molecular formula is C15H17BrN2O2. The Balaban J connectivity index is 1.83. The molecule has 2 N–H and O–H groups in total. The highest BCUT2D eigenvalue weighted by Gasteiger charge is 2.12. The van der Waals surface area contributed by atoms with E-state index in [-0.39, 0.29) is 12.1 Å². The zero-order valence-corrected chi connectivity index (χ0v) is 13.0. The molecule has 0 saturated heterocycles. The van der Waals surface area contributed by atoms with Crippen molar-refractivity contribution in [3.63, 3.8) is 0 Å². The van der Waals surface area contributed by atoms with Crippen LogP contribution in [0.2, 0.25) is 0 Å². The fourth-order valence-electron chi connectivity index (χ4n) is 1.83. The Bertz CT molecular complexity index is 595. The minimum Gasteiger partial charge on any atom is -0.464 e. The first-order valence-corrected chi connectivity index (χ1v) is 7.19. The zero-order valence-electron chi connectivity index (χ0n) is 11.4. The largest absolute Gasteiger partial charge is 0.464 e. The van der Waals surface area contributed by atoms with E-state index in [1.54, 1.807) is 0 Å². The van der Waals surface area contributed by atoms with Crippen LogP contribution in [0.4, 0.5) is 4.79 Å². The third kappa shape index (κ3) is 4.13. The molecule has 0 spiro atoms. The third-order valence-corrected chi connectivity index (χ3v) is 3.37. The minimum atomic E-state index is -0.216. The van der Waals surface area contributed by atoms with Gasteiger partial charge in [0.05, 0.1) is 6.04 Å². The quantitative estimate of drug-likeness (QED) is 0.889. The maximum Gasteiger partial charge on any atom is 0.315 e. The van der Waals surface area contributed by atoms with Gasteiger partial charge in [0.15, 0.2) is 0 Å². The molecule has 0 radical (unpaired) electrons. The molecular weight excluding hydrogens is 320 g/mol. The average Bonchev–Trinajstić information content (AvgIpc) is 2.83. The topological polar surface area (TPSA) is 54.3 Å². The highest BCUT2D eigenvalue weighted by atomic mass is 79.9. The maximum atomic E-state index is 11.8. The van der Waals surface area contributed by atoms with Crippen molar-refractivity contribution in [3.05, 3.63) is 58.0 Å². The van der Waals surface area contributed by atoms with Gasteiger partial charge < -0.3 is 15.1 Å². The first kappa shape index (κ1) is 14.7. The lowest BCUT2D eigenvalue weighted by Crippen LogP contribution is -2.36. The molecule has 1 aromatic carbocycles. The van der Waals surface area contributed by atoms with Crippen molar-refractivity contribution < 1.29 is 9.21 Å². The Kier molecular flexibility index (Phi) is 4.84. The maximum absolute atomic E-state index is 11.8. The molecule has 0 fully saturated rings. The lowest BCUT2D eigenvalue weighted by atomic mass is 10.2. The van der Waals surface area contributed by atoms with Gasteiger partial charge >= 0.3 is 6.03 Å². The molecule has 4 nitrogen and oxygen atoms in total. The number of carbonyl (C=O) groups excluding carboxylic acids is 1. The molecule has 0 aliphatic carbocycles. The monoisotopic (exact) mass is 336 g/mol. The molecule has 1 heterocycles. The summed E-state index contributed by atoms with van der Waals surface area (Å²) in [4.78, 5) is 11.8. The molecule has 106 valence electrons. The summed E-state index contributed by atoms with van der Waals surface area (Å²) in [6, 6.07) is 11.2. The molecule has 0 aliphatic heterocycles. The highest BCUT2D eigenvalue weighted by Crippen LogP contribution is 2.15. The van der Waals surface area contributed by atoms with E-state index < -0.39 is 0 Å². The van der Waals surface area contributed by atoms with Gasteiger partial charge in [-0.25, -0.2) is 4.79 Å². The number of rotatable bonds is 4. The van der Waals surface area contributed by atoms with E-state index in [1.165, 1.54) is 0 Å². The zero-order chi connectivity index (χ0) is 14.5. The Labute approximate surface area is 126 Å². The van der Waals surface area contributed by atoms with E-state index in [0.29, 0.717) is 6.54 Å². The van der Waals surface area contributed by atoms with Gasteiger partial charge in [0.25, 0.3) is 0 Å². The summed E-state index contributed by atoms with van der Waals surface area (Å²) in [7, 11) is 0. The van der Waals surface area contributed by atoms with Gasteiger partial charge in [0.1, 0.15) is 11.5 Å². The summed E-state index contributed by atoms with van der Waals surface area (Å²) in [5, 5.41) is 5.66. The number of furan rings is 1. The molecule has 1 aromatic heterocycles. The first-order chi connectivity index (χ1) is 9.54. The smallest absolute Gasteiger partial charge is 0.315 e. The number of benzene rings is 1. The second kappa shape index (κ2) is 6.61. The van der Waals surface area contributed by atoms with Crippen molar-refractivity contribution in [2.75, 3.05) is 0 Å². The van der Waals surface area contributed by atoms with Crippen LogP contribution in [0, 0.1) is 6.92 Å². The van der Waals surface area contributed by atoms with Gasteiger partial charge in [0.2, 0.25) is 0 Å². The molecule has 0 aliphatic rings. The van der Waals surface area contributed by atoms with Crippen LogP contribution in [0.1, 0.15) is 30.0 Å². The second-order valence-electron chi connectivity index (χ2n) is 4.63. The number of amides is 2. The first-order valence-electron chi connectivity index (χ1n) is 6.40. The van der Waals surface area contributed by atoms with E-state index in [1.807, 2.05) is 50.2 Å². The van der Waals surface area contributed by atoms with E-state index in [4.69, 9.17) is 4.42 Å². The molecule has 1 unspecified atom stereocenters. The van der Waals surface area contributed by atoms with Gasteiger partial charge in [-0.3, -0.25) is 0 Å². The van der Waals surface area contributed by atoms with Gasteiger partial charge in [-0.2, -0.15) is 0 Å². The van der Waals surface area contributed by atoms with Crippen LogP contribution in [-0.2, 0) is 6.54 Å². The fraction of sp³-hybridized carbons (Fsp3) is 0.267. The molecule has 2 rings (SSSR count). The Hall–Kier alpha value is -1.75. The van der Waals surface area contributed by atoms with Crippen LogP contribution >= 0.6 is 15.9 Å². The van der Waals surface area contributed by atoms with Crippen LogP contribution in [0.25, 0.3) is 0 Å². The number of halogens is 1. The van der Waals surface area contributed by atoms with Crippen LogP contribution in [0.3, 0.4) is 0 Å². The number of aryl methyl sites for hydroxylation is 1. The molecule has 0 bridgehead atoms. The van der Waals surface area contributed by atoms with Crippen molar-refractivity contribution >= 4 is 22.0 Å². The summed E-state index contributed by atoms with van der Waals surface area (Å²) >= 11 is 3.40. The standard InChI is InChI=1S/C15H17BrN2O2/c1-10-6-7-14(20-10)11(2)18-15(19)17-9-12-4-3-5-13(16)8-12/h3-8,11H,9H2,1-2H3,(H2,17,18,19). The van der Waals surface area contributed by atoms with Crippen molar-refractivity contribution in [2.24, 2.45) is 0 Å². The Morgan fingerprint density at radius 3 is 2.80 bits per heavy atom. The molecule has 5 heteroatoms. The number of hydrogen-bond donors (Lipinski definition) is 2. The van der Waals surface area contributed by atoms with Crippen LogP contribution < -0.4 is 10.6 Å². The lowest BCUT2D eigenvalue weighted by Gasteiger charge is -2.12. The van der Waals surface area contributed by atoms with E-state index in [9.17, 15) is 4.79 Å². The highest BCUT2D eigenvalue weighted by molar-refractivity contribution is 9.10. The van der Waals surface area contributed by atoms with E-state index in [0.717, 1.165) is 21.6 Å². The predicted molar refractivity (Wildman–Crippen MR) is 81.4 cm³/mol. The van der Waals surface area contributed by atoms with Gasteiger partial charge in [-0.05, 0) is 43.7 Å². The summed E-state index contributed by atoms with van der Waals surface area (Å²) in [6.45, 7) is 4.25. The van der Waals surface area contributed by atoms with Crippen molar-refractivity contribution in [3.8, 4) is 0 Å². The van der Waals surface area contributed by atoms with Crippen LogP contribution in [-0.4, -0.2) is 6.03 Å². The summed E-state index contributed by atoms with van der Waals surface area (Å²) in [5.41, 5.74) is 1.04. The Morgan fingerprint density at radius 2 is 2.15 bits per heavy atom. The fourth-order valence-corrected chi connectivity index (χ4v) is 2.28. The van der Waals surface area contributed by atoms with Crippen molar-refractivity contribution in [1.82, 2.24) is 10.6 Å². The summed E-state index contributed by atoms with van der Waals surface area (Å²) < 4.78 is 6.47. The van der Waals surface area contributed by atoms with E-state index >= 15 is 0 Å². The SMILES string of the molecule is Cc1ccc(C(C)NC(=O)NCc2cccc(Br)c2)o1. The van der Waals surface area contributed by atoms with Crippen molar-refractivity contribution in [1.29, 1.82) is 0 Å². The third-order valence-electron chi connectivity index (χ3n) is 2.88. The Morgan fingerprint density at radius 1 is 1.35 bits per heavy atom. The van der Waals surface area contributed by atoms with Gasteiger partial charge in [-0.15, -0.1) is 0 Å². The number of nitrogens with one attached hydrogen (secondary N) is 2. The lowest BCUT2D eigenvalue weighted by molar-refractivity contribution is 0.235. The van der Waals surface area contributed by atoms with Gasteiger partial charge in [0, 0.05) is 11.0 Å². The predicted octanol–water partition coefficient (Wildman–Crippen LogP) is 3.91. The average molecular weight is 337 g/mol. The molecule has 2 aromatic rings. The summed E-state index contributed by atoms with van der Waals surface area (Å²) in [5.74, 6) is 1.59. The molecule has 1 atom stereocenters. The van der Waals surface area contributed by atoms with Crippen molar-refractivity contribution in [2.45, 2.75) is 26.4 Å². The van der Waals surface area contributed by atoms with E-state index in [2.05, 4.69) is 26.6 Å². The second-order valence-corrected chi connectivity index (χ2v) is 5.54. The molecule has 20 heavy (non-hydrogen) atoms.